The number of halogens is 1. The molecule has 1 N–H and O–H groups in total. The van der Waals surface area contributed by atoms with Gasteiger partial charge in [-0.1, -0.05) is 29.8 Å². The minimum Gasteiger partial charge on any atom is -0.309 e. The van der Waals surface area contributed by atoms with Gasteiger partial charge in [-0.2, -0.15) is 0 Å². The topological polar surface area (TPSA) is 49.0 Å². The molecule has 0 fully saturated rings. The molecule has 0 aliphatic rings. The highest BCUT2D eigenvalue weighted by atomic mass is 35.5. The highest BCUT2D eigenvalue weighted by Gasteiger charge is 2.18. The number of aryl methyl sites for hydroxylation is 2. The molecule has 0 radical (unpaired) electrons. The van der Waals surface area contributed by atoms with Gasteiger partial charge < -0.3 is 4.98 Å². The first kappa shape index (κ1) is 17.1. The molecule has 0 aliphatic carbocycles. The lowest BCUT2D eigenvalue weighted by Crippen LogP contribution is -2.26. The quantitative estimate of drug-likeness (QED) is 0.746. The predicted molar refractivity (Wildman–Crippen MR) is 101 cm³/mol. The monoisotopic (exact) mass is 361 g/mol. The second-order valence-corrected chi connectivity index (χ2v) is 7.71. The van der Waals surface area contributed by atoms with Gasteiger partial charge in [0.1, 0.15) is 10.7 Å². The van der Waals surface area contributed by atoms with Gasteiger partial charge in [0, 0.05) is 16.4 Å². The summed E-state index contributed by atoms with van der Waals surface area (Å²) in [6, 6.07) is 7.77. The summed E-state index contributed by atoms with van der Waals surface area (Å²) in [6.45, 7) is 6.71. The summed E-state index contributed by atoms with van der Waals surface area (Å²) in [6.07, 6.45) is 0. The second-order valence-electron chi connectivity index (χ2n) is 6.10. The second kappa shape index (κ2) is 6.67. The van der Waals surface area contributed by atoms with Gasteiger partial charge in [0.2, 0.25) is 0 Å². The molecule has 0 bridgehead atoms. The van der Waals surface area contributed by atoms with Crippen LogP contribution in [-0.4, -0.2) is 21.9 Å². The Balaban J connectivity index is 1.92. The zero-order chi connectivity index (χ0) is 17.4. The minimum absolute atomic E-state index is 0.0268. The van der Waals surface area contributed by atoms with Crippen molar-refractivity contribution in [3.8, 4) is 0 Å². The summed E-state index contributed by atoms with van der Waals surface area (Å²) in [5.41, 5.74) is 2.02. The molecule has 1 unspecified atom stereocenters. The van der Waals surface area contributed by atoms with E-state index in [0.29, 0.717) is 17.8 Å². The molecule has 1 atom stereocenters. The van der Waals surface area contributed by atoms with E-state index < -0.39 is 0 Å². The average molecular weight is 362 g/mol. The molecule has 0 spiro atoms. The average Bonchev–Trinajstić information content (AvgIpc) is 2.83. The lowest BCUT2D eigenvalue weighted by molar-refractivity contribution is 0.244. The number of nitrogens with one attached hydrogen (secondary N) is 1. The number of rotatable bonds is 4. The van der Waals surface area contributed by atoms with Crippen LogP contribution in [0.25, 0.3) is 10.2 Å². The van der Waals surface area contributed by atoms with Gasteiger partial charge in [0.05, 0.1) is 11.4 Å². The Kier molecular flexibility index (Phi) is 4.76. The van der Waals surface area contributed by atoms with E-state index in [1.807, 2.05) is 52.1 Å². The largest absolute Gasteiger partial charge is 0.309 e. The molecule has 3 aromatic rings. The Labute approximate surface area is 150 Å². The van der Waals surface area contributed by atoms with Crippen molar-refractivity contribution in [1.82, 2.24) is 14.9 Å². The summed E-state index contributed by atoms with van der Waals surface area (Å²) in [5, 5.41) is 1.46. The smallest absolute Gasteiger partial charge is 0.259 e. The van der Waals surface area contributed by atoms with E-state index in [-0.39, 0.29) is 11.6 Å². The van der Waals surface area contributed by atoms with Gasteiger partial charge in [0.15, 0.2) is 0 Å². The first-order chi connectivity index (χ1) is 11.4. The van der Waals surface area contributed by atoms with Gasteiger partial charge in [-0.15, -0.1) is 11.3 Å². The van der Waals surface area contributed by atoms with Crippen molar-refractivity contribution in [3.05, 3.63) is 61.5 Å². The van der Waals surface area contributed by atoms with Crippen LogP contribution < -0.4 is 5.56 Å². The molecule has 24 heavy (non-hydrogen) atoms. The van der Waals surface area contributed by atoms with Crippen molar-refractivity contribution in [1.29, 1.82) is 0 Å². The summed E-state index contributed by atoms with van der Waals surface area (Å²) in [7, 11) is 2.00. The number of aromatic amines is 1. The minimum atomic E-state index is -0.0603. The Bertz CT molecular complexity index is 947. The standard InChI is InChI=1S/C18H20ClN3OS/c1-10-12(3)24-18-15(10)17(23)20-16(21-18)11(2)22(4)9-13-7-5-6-8-14(13)19/h5-8,11H,9H2,1-4H3,(H,20,21,23). The number of benzene rings is 1. The molecule has 126 valence electrons. The fourth-order valence-corrected chi connectivity index (χ4v) is 3.94. The van der Waals surface area contributed by atoms with Crippen molar-refractivity contribution >= 4 is 33.2 Å². The van der Waals surface area contributed by atoms with Crippen molar-refractivity contribution in [2.75, 3.05) is 7.05 Å². The molecule has 6 heteroatoms. The van der Waals surface area contributed by atoms with E-state index in [0.717, 1.165) is 25.9 Å². The third kappa shape index (κ3) is 3.11. The van der Waals surface area contributed by atoms with Crippen LogP contribution in [0.3, 0.4) is 0 Å². The van der Waals surface area contributed by atoms with E-state index in [1.54, 1.807) is 11.3 Å². The SMILES string of the molecule is Cc1sc2nc(C(C)N(C)Cc3ccccc3Cl)[nH]c(=O)c2c1C. The Morgan fingerprint density at radius 3 is 2.75 bits per heavy atom. The van der Waals surface area contributed by atoms with Gasteiger partial charge >= 0.3 is 0 Å². The maximum Gasteiger partial charge on any atom is 0.259 e. The third-order valence-corrected chi connectivity index (χ3v) is 5.96. The predicted octanol–water partition coefficient (Wildman–Crippen LogP) is 4.45. The molecule has 2 heterocycles. The molecule has 1 aromatic carbocycles. The zero-order valence-electron chi connectivity index (χ0n) is 14.2. The van der Waals surface area contributed by atoms with Crippen LogP contribution in [0.1, 0.15) is 34.8 Å². The van der Waals surface area contributed by atoms with Crippen LogP contribution in [-0.2, 0) is 6.54 Å². The van der Waals surface area contributed by atoms with E-state index in [9.17, 15) is 4.79 Å². The molecule has 2 aromatic heterocycles. The van der Waals surface area contributed by atoms with Crippen LogP contribution in [0.15, 0.2) is 29.1 Å². The van der Waals surface area contributed by atoms with Crippen LogP contribution in [0, 0.1) is 13.8 Å². The maximum absolute atomic E-state index is 12.4. The normalized spacial score (nSPS) is 12.9. The molecular formula is C18H20ClN3OS. The highest BCUT2D eigenvalue weighted by Crippen LogP contribution is 2.28. The molecule has 0 saturated heterocycles. The van der Waals surface area contributed by atoms with Crippen molar-refractivity contribution in [2.45, 2.75) is 33.4 Å². The Morgan fingerprint density at radius 1 is 1.33 bits per heavy atom. The fourth-order valence-electron chi connectivity index (χ4n) is 2.71. The number of aromatic nitrogens is 2. The van der Waals surface area contributed by atoms with E-state index in [2.05, 4.69) is 9.88 Å². The maximum atomic E-state index is 12.4. The third-order valence-electron chi connectivity index (χ3n) is 4.49. The molecular weight excluding hydrogens is 342 g/mol. The van der Waals surface area contributed by atoms with E-state index in [4.69, 9.17) is 16.6 Å². The van der Waals surface area contributed by atoms with Crippen LogP contribution in [0.4, 0.5) is 0 Å². The number of thiophene rings is 1. The molecule has 3 rings (SSSR count). The number of H-pyrrole nitrogens is 1. The number of fused-ring (bicyclic) bond motifs is 1. The van der Waals surface area contributed by atoms with Gasteiger partial charge in [-0.05, 0) is 45.0 Å². The van der Waals surface area contributed by atoms with E-state index in [1.165, 1.54) is 0 Å². The van der Waals surface area contributed by atoms with Crippen LogP contribution in [0.5, 0.6) is 0 Å². The van der Waals surface area contributed by atoms with Gasteiger partial charge in [-0.3, -0.25) is 9.69 Å². The van der Waals surface area contributed by atoms with Gasteiger partial charge in [-0.25, -0.2) is 4.98 Å². The molecule has 0 amide bonds. The zero-order valence-corrected chi connectivity index (χ0v) is 15.8. The number of hydrogen-bond acceptors (Lipinski definition) is 4. The molecule has 0 aliphatic heterocycles. The van der Waals surface area contributed by atoms with Crippen LogP contribution >= 0.6 is 22.9 Å². The lowest BCUT2D eigenvalue weighted by Gasteiger charge is -2.24. The summed E-state index contributed by atoms with van der Waals surface area (Å²) < 4.78 is 0. The molecule has 4 nitrogen and oxygen atoms in total. The number of hydrogen-bond donors (Lipinski definition) is 1. The Morgan fingerprint density at radius 2 is 2.04 bits per heavy atom. The summed E-state index contributed by atoms with van der Waals surface area (Å²) in [4.78, 5) is 24.2. The summed E-state index contributed by atoms with van der Waals surface area (Å²) >= 11 is 7.82. The number of nitrogens with zero attached hydrogens (tertiary/aromatic N) is 2. The lowest BCUT2D eigenvalue weighted by atomic mass is 10.2. The fraction of sp³-hybridized carbons (Fsp3) is 0.333. The van der Waals surface area contributed by atoms with Crippen molar-refractivity contribution in [3.63, 3.8) is 0 Å². The first-order valence-electron chi connectivity index (χ1n) is 7.82. The van der Waals surface area contributed by atoms with Crippen LogP contribution in [0.2, 0.25) is 5.02 Å². The highest BCUT2D eigenvalue weighted by molar-refractivity contribution is 7.18. The van der Waals surface area contributed by atoms with Crippen molar-refractivity contribution < 1.29 is 0 Å². The Hall–Kier alpha value is -1.69. The van der Waals surface area contributed by atoms with E-state index >= 15 is 0 Å². The van der Waals surface area contributed by atoms with Crippen molar-refractivity contribution in [2.24, 2.45) is 0 Å². The first-order valence-corrected chi connectivity index (χ1v) is 9.01. The van der Waals surface area contributed by atoms with Gasteiger partial charge in [0.25, 0.3) is 5.56 Å². The summed E-state index contributed by atoms with van der Waals surface area (Å²) in [5.74, 6) is 0.684. The molecule has 0 saturated carbocycles.